The van der Waals surface area contributed by atoms with Gasteiger partial charge < -0.3 is 9.47 Å². The summed E-state index contributed by atoms with van der Waals surface area (Å²) < 4.78 is 10.2. The molecule has 0 atom stereocenters. The third-order valence-electron chi connectivity index (χ3n) is 3.76. The molecule has 0 aliphatic carbocycles. The summed E-state index contributed by atoms with van der Waals surface area (Å²) in [5, 5.41) is 0. The van der Waals surface area contributed by atoms with Gasteiger partial charge in [0.25, 0.3) is 0 Å². The Hall–Kier alpha value is -3.14. The predicted molar refractivity (Wildman–Crippen MR) is 106 cm³/mol. The van der Waals surface area contributed by atoms with E-state index in [1.807, 2.05) is 74.5 Å². The second kappa shape index (κ2) is 10.1. The van der Waals surface area contributed by atoms with Crippen LogP contribution in [0.15, 0.2) is 73.2 Å². The maximum atomic E-state index is 12.0. The van der Waals surface area contributed by atoms with Crippen molar-refractivity contribution in [3.63, 3.8) is 0 Å². The number of hydrogen-bond donors (Lipinski definition) is 0. The minimum absolute atomic E-state index is 0.115. The Labute approximate surface area is 160 Å². The van der Waals surface area contributed by atoms with Crippen molar-refractivity contribution < 1.29 is 19.1 Å². The van der Waals surface area contributed by atoms with E-state index in [1.54, 1.807) is 12.2 Å². The minimum Gasteiger partial charge on any atom is -0.434 e. The number of benzene rings is 2. The van der Waals surface area contributed by atoms with Crippen molar-refractivity contribution in [1.82, 2.24) is 0 Å². The van der Waals surface area contributed by atoms with Crippen molar-refractivity contribution in [1.29, 1.82) is 0 Å². The Bertz CT molecular complexity index is 722. The maximum absolute atomic E-state index is 12.0. The molecule has 0 unspecified atom stereocenters. The molecule has 0 aliphatic rings. The Balaban J connectivity index is 1.75. The first-order valence-electron chi connectivity index (χ1n) is 8.77. The fraction of sp³-hybridized carbons (Fsp3) is 0.217. The second-order valence-corrected chi connectivity index (χ2v) is 6.92. The molecule has 0 aromatic heterocycles. The smallest absolute Gasteiger partial charge is 0.311 e. The summed E-state index contributed by atoms with van der Waals surface area (Å²) in [6, 6.07) is 19.1. The monoisotopic (exact) mass is 364 g/mol. The van der Waals surface area contributed by atoms with Crippen LogP contribution >= 0.6 is 0 Å². The Morgan fingerprint density at radius 3 is 1.48 bits per heavy atom. The first kappa shape index (κ1) is 20.2. The van der Waals surface area contributed by atoms with Crippen LogP contribution in [0.5, 0.6) is 0 Å². The molecule has 0 radical (unpaired) electrons. The molecule has 0 heterocycles. The van der Waals surface area contributed by atoms with Gasteiger partial charge in [0.15, 0.2) is 0 Å². The second-order valence-electron chi connectivity index (χ2n) is 6.92. The van der Waals surface area contributed by atoms with E-state index in [0.29, 0.717) is 0 Å². The number of ether oxygens (including phenoxy) is 2. The van der Waals surface area contributed by atoms with Gasteiger partial charge in [-0.05, 0) is 28.7 Å². The summed E-state index contributed by atoms with van der Waals surface area (Å²) in [5.41, 5.74) is 1.33. The van der Waals surface area contributed by atoms with Crippen LogP contribution in [0.2, 0.25) is 0 Å². The van der Waals surface area contributed by atoms with E-state index in [1.165, 1.54) is 12.5 Å². The van der Waals surface area contributed by atoms with Crippen molar-refractivity contribution in [2.45, 2.75) is 26.7 Å². The van der Waals surface area contributed by atoms with E-state index in [4.69, 9.17) is 9.47 Å². The summed E-state index contributed by atoms with van der Waals surface area (Å²) in [5.74, 6) is -0.778. The molecule has 27 heavy (non-hydrogen) atoms. The standard InChI is InChI=1S/C23H24O4/c1-23(2,17-21(24)26-15-13-19-9-5-3-6-10-19)18-22(25)27-16-14-20-11-7-4-8-12-20/h3-16H,17-18H2,1-2H3. The Morgan fingerprint density at radius 2 is 1.11 bits per heavy atom. The van der Waals surface area contributed by atoms with Gasteiger partial charge in [-0.25, -0.2) is 0 Å². The van der Waals surface area contributed by atoms with E-state index in [-0.39, 0.29) is 24.8 Å². The fourth-order valence-corrected chi connectivity index (χ4v) is 2.43. The molecule has 0 aliphatic heterocycles. The molecular formula is C23H24O4. The number of hydrogen-bond acceptors (Lipinski definition) is 4. The highest BCUT2D eigenvalue weighted by atomic mass is 16.5. The van der Waals surface area contributed by atoms with Gasteiger partial charge in [-0.2, -0.15) is 0 Å². The fourth-order valence-electron chi connectivity index (χ4n) is 2.43. The molecule has 140 valence electrons. The molecule has 2 aromatic carbocycles. The van der Waals surface area contributed by atoms with Gasteiger partial charge in [0.1, 0.15) is 0 Å². The SMILES string of the molecule is CC(C)(CC(=O)OC=Cc1ccccc1)CC(=O)OC=Cc1ccccc1. The molecule has 0 bridgehead atoms. The van der Waals surface area contributed by atoms with Gasteiger partial charge in [0, 0.05) is 0 Å². The van der Waals surface area contributed by atoms with Crippen LogP contribution in [-0.4, -0.2) is 11.9 Å². The molecule has 2 rings (SSSR count). The topological polar surface area (TPSA) is 52.6 Å². The lowest BCUT2D eigenvalue weighted by molar-refractivity contribution is -0.143. The highest BCUT2D eigenvalue weighted by Crippen LogP contribution is 2.26. The van der Waals surface area contributed by atoms with E-state index < -0.39 is 5.41 Å². The summed E-state index contributed by atoms with van der Waals surface area (Å²) in [7, 11) is 0. The Kier molecular flexibility index (Phi) is 7.56. The predicted octanol–water partition coefficient (Wildman–Crippen LogP) is 5.22. The van der Waals surface area contributed by atoms with Crippen molar-refractivity contribution in [3.8, 4) is 0 Å². The zero-order valence-corrected chi connectivity index (χ0v) is 15.6. The van der Waals surface area contributed by atoms with Crippen LogP contribution in [0.25, 0.3) is 12.2 Å². The minimum atomic E-state index is -0.560. The van der Waals surface area contributed by atoms with E-state index in [0.717, 1.165) is 11.1 Å². The lowest BCUT2D eigenvalue weighted by Crippen LogP contribution is -2.22. The third kappa shape index (κ3) is 8.19. The molecule has 0 saturated heterocycles. The van der Waals surface area contributed by atoms with E-state index in [2.05, 4.69) is 0 Å². The van der Waals surface area contributed by atoms with Crippen LogP contribution in [-0.2, 0) is 19.1 Å². The molecule has 0 amide bonds. The molecule has 0 N–H and O–H groups in total. The maximum Gasteiger partial charge on any atom is 0.311 e. The Morgan fingerprint density at radius 1 is 0.741 bits per heavy atom. The zero-order chi connectivity index (χ0) is 19.5. The number of rotatable bonds is 8. The average Bonchev–Trinajstić information content (AvgIpc) is 2.62. The normalized spacial score (nSPS) is 11.6. The molecule has 0 saturated carbocycles. The van der Waals surface area contributed by atoms with Crippen LogP contribution < -0.4 is 0 Å². The van der Waals surface area contributed by atoms with Gasteiger partial charge in [0.05, 0.1) is 25.4 Å². The van der Waals surface area contributed by atoms with Crippen LogP contribution in [0.3, 0.4) is 0 Å². The first-order valence-corrected chi connectivity index (χ1v) is 8.77. The van der Waals surface area contributed by atoms with Crippen LogP contribution in [0.4, 0.5) is 0 Å². The highest BCUT2D eigenvalue weighted by Gasteiger charge is 2.26. The van der Waals surface area contributed by atoms with Gasteiger partial charge in [0.2, 0.25) is 0 Å². The van der Waals surface area contributed by atoms with Crippen molar-refractivity contribution in [3.05, 3.63) is 84.3 Å². The van der Waals surface area contributed by atoms with Gasteiger partial charge in [-0.15, -0.1) is 0 Å². The molecule has 2 aromatic rings. The van der Waals surface area contributed by atoms with E-state index in [9.17, 15) is 9.59 Å². The number of carbonyl (C=O) groups excluding carboxylic acids is 2. The summed E-state index contributed by atoms with van der Waals surface area (Å²) in [6.45, 7) is 3.66. The van der Waals surface area contributed by atoms with Crippen LogP contribution in [0.1, 0.15) is 37.8 Å². The lowest BCUT2D eigenvalue weighted by Gasteiger charge is -2.21. The van der Waals surface area contributed by atoms with Crippen molar-refractivity contribution in [2.75, 3.05) is 0 Å². The van der Waals surface area contributed by atoms with Gasteiger partial charge in [-0.3, -0.25) is 9.59 Å². The number of esters is 2. The molecule has 4 nitrogen and oxygen atoms in total. The van der Waals surface area contributed by atoms with Crippen LogP contribution in [0, 0.1) is 5.41 Å². The van der Waals surface area contributed by atoms with E-state index >= 15 is 0 Å². The molecule has 0 spiro atoms. The van der Waals surface area contributed by atoms with Crippen molar-refractivity contribution >= 4 is 24.1 Å². The van der Waals surface area contributed by atoms with Gasteiger partial charge >= 0.3 is 11.9 Å². The van der Waals surface area contributed by atoms with Gasteiger partial charge in [-0.1, -0.05) is 74.5 Å². The van der Waals surface area contributed by atoms with Crippen molar-refractivity contribution in [2.24, 2.45) is 5.41 Å². The zero-order valence-electron chi connectivity index (χ0n) is 15.6. The summed E-state index contributed by atoms with van der Waals surface area (Å²) >= 11 is 0. The highest BCUT2D eigenvalue weighted by molar-refractivity contribution is 5.75. The number of carbonyl (C=O) groups is 2. The summed E-state index contributed by atoms with van der Waals surface area (Å²) in [4.78, 5) is 24.0. The average molecular weight is 364 g/mol. The first-order chi connectivity index (χ1) is 12.9. The lowest BCUT2D eigenvalue weighted by atomic mass is 9.86. The quantitative estimate of drug-likeness (QED) is 0.476. The third-order valence-corrected chi connectivity index (χ3v) is 3.76. The molecular weight excluding hydrogens is 340 g/mol. The largest absolute Gasteiger partial charge is 0.434 e. The summed E-state index contributed by atoms with van der Waals surface area (Å²) in [6.07, 6.45) is 6.40. The molecule has 0 fully saturated rings. The molecule has 4 heteroatoms.